The number of nitro groups is 1. The van der Waals surface area contributed by atoms with Gasteiger partial charge in [0.2, 0.25) is 11.5 Å². The second-order valence-corrected chi connectivity index (χ2v) is 3.85. The zero-order valence-corrected chi connectivity index (χ0v) is 11.0. The molecule has 0 radical (unpaired) electrons. The molecule has 6 nitrogen and oxygen atoms in total. The number of rotatable bonds is 5. The highest BCUT2D eigenvalue weighted by atomic mass is 16.6. The average molecular weight is 275 g/mol. The quantitative estimate of drug-likeness (QED) is 0.617. The number of nitro benzene ring substituents is 1. The van der Waals surface area contributed by atoms with E-state index in [1.807, 2.05) is 18.2 Å². The van der Waals surface area contributed by atoms with Crippen LogP contribution in [0.4, 0.5) is 5.69 Å². The van der Waals surface area contributed by atoms with E-state index in [-0.39, 0.29) is 17.2 Å². The summed E-state index contributed by atoms with van der Waals surface area (Å²) in [6.45, 7) is 0. The van der Waals surface area contributed by atoms with E-state index in [0.29, 0.717) is 11.5 Å². The van der Waals surface area contributed by atoms with Gasteiger partial charge in [0.25, 0.3) is 0 Å². The zero-order valence-electron chi connectivity index (χ0n) is 11.0. The molecule has 0 fully saturated rings. The van der Waals surface area contributed by atoms with E-state index in [2.05, 4.69) is 0 Å². The van der Waals surface area contributed by atoms with E-state index >= 15 is 0 Å². The van der Waals surface area contributed by atoms with Crippen molar-refractivity contribution >= 4 is 5.69 Å². The van der Waals surface area contributed by atoms with E-state index in [1.54, 1.807) is 12.1 Å². The molecule has 2 rings (SSSR count). The fraction of sp³-hybridized carbons (Fsp3) is 0.143. The van der Waals surface area contributed by atoms with Gasteiger partial charge < -0.3 is 14.2 Å². The van der Waals surface area contributed by atoms with Crippen LogP contribution < -0.4 is 14.2 Å². The molecule has 0 saturated carbocycles. The summed E-state index contributed by atoms with van der Waals surface area (Å²) in [6, 6.07) is 12.0. The number of benzene rings is 2. The Hall–Kier alpha value is -2.76. The summed E-state index contributed by atoms with van der Waals surface area (Å²) in [7, 11) is 2.71. The van der Waals surface area contributed by atoms with Crippen molar-refractivity contribution in [2.24, 2.45) is 0 Å². The molecule has 0 aliphatic heterocycles. The molecule has 0 bridgehead atoms. The highest BCUT2D eigenvalue weighted by Gasteiger charge is 2.23. The van der Waals surface area contributed by atoms with Crippen LogP contribution in [0.2, 0.25) is 0 Å². The lowest BCUT2D eigenvalue weighted by Gasteiger charge is -2.10. The molecule has 0 amide bonds. The minimum absolute atomic E-state index is 0.0836. The summed E-state index contributed by atoms with van der Waals surface area (Å²) in [6.07, 6.45) is 0. The molecule has 0 unspecified atom stereocenters. The van der Waals surface area contributed by atoms with Gasteiger partial charge >= 0.3 is 5.69 Å². The number of hydrogen-bond donors (Lipinski definition) is 0. The second kappa shape index (κ2) is 5.92. The third kappa shape index (κ3) is 2.80. The van der Waals surface area contributed by atoms with Crippen molar-refractivity contribution in [3.05, 3.63) is 52.6 Å². The van der Waals surface area contributed by atoms with Gasteiger partial charge in [-0.25, -0.2) is 0 Å². The summed E-state index contributed by atoms with van der Waals surface area (Å²) < 4.78 is 15.7. The molecule has 0 saturated heterocycles. The number of methoxy groups -OCH3 is 2. The third-order valence-electron chi connectivity index (χ3n) is 2.61. The lowest BCUT2D eigenvalue weighted by Crippen LogP contribution is -1.98. The molecule has 0 atom stereocenters. The van der Waals surface area contributed by atoms with Crippen LogP contribution in [0.1, 0.15) is 0 Å². The maximum absolute atomic E-state index is 11.0. The monoisotopic (exact) mass is 275 g/mol. The normalized spacial score (nSPS) is 9.90. The lowest BCUT2D eigenvalue weighted by molar-refractivity contribution is -0.386. The number of ether oxygens (including phenoxy) is 3. The maximum Gasteiger partial charge on any atom is 0.352 e. The maximum atomic E-state index is 11.0. The molecule has 0 aromatic heterocycles. The fourth-order valence-electron chi connectivity index (χ4n) is 1.73. The second-order valence-electron chi connectivity index (χ2n) is 3.85. The van der Waals surface area contributed by atoms with E-state index < -0.39 is 4.92 Å². The topological polar surface area (TPSA) is 70.8 Å². The summed E-state index contributed by atoms with van der Waals surface area (Å²) in [5, 5.41) is 11.0. The smallest absolute Gasteiger partial charge is 0.352 e. The van der Waals surface area contributed by atoms with Crippen LogP contribution in [0.5, 0.6) is 23.0 Å². The van der Waals surface area contributed by atoms with E-state index in [4.69, 9.17) is 14.2 Å². The number of hydrogen-bond acceptors (Lipinski definition) is 5. The van der Waals surface area contributed by atoms with E-state index in [1.165, 1.54) is 26.4 Å². The van der Waals surface area contributed by atoms with Crippen molar-refractivity contribution in [1.29, 1.82) is 0 Å². The van der Waals surface area contributed by atoms with Crippen LogP contribution in [0.15, 0.2) is 42.5 Å². The van der Waals surface area contributed by atoms with Crippen LogP contribution >= 0.6 is 0 Å². The molecule has 20 heavy (non-hydrogen) atoms. The van der Waals surface area contributed by atoms with E-state index in [0.717, 1.165) is 0 Å². The van der Waals surface area contributed by atoms with Gasteiger partial charge in [-0.15, -0.1) is 0 Å². The van der Waals surface area contributed by atoms with Crippen molar-refractivity contribution in [3.8, 4) is 23.0 Å². The van der Waals surface area contributed by atoms with Crippen molar-refractivity contribution in [2.75, 3.05) is 14.2 Å². The first-order valence-corrected chi connectivity index (χ1v) is 5.79. The van der Waals surface area contributed by atoms with Gasteiger partial charge in [0, 0.05) is 12.1 Å². The fourth-order valence-corrected chi connectivity index (χ4v) is 1.73. The molecular formula is C14H13NO5. The number of nitrogens with zero attached hydrogens (tertiary/aromatic N) is 1. The Labute approximate surface area is 115 Å². The first kappa shape index (κ1) is 13.7. The molecule has 0 aliphatic rings. The minimum atomic E-state index is -0.552. The standard InChI is InChI=1S/C14H13NO5/c1-18-12-8-11(20-10-6-4-3-5-7-10)9-13(19-2)14(12)15(16)17/h3-9H,1-2H3. The Morgan fingerprint density at radius 3 is 1.95 bits per heavy atom. The molecule has 0 heterocycles. The van der Waals surface area contributed by atoms with Crippen molar-refractivity contribution < 1.29 is 19.1 Å². The Morgan fingerprint density at radius 1 is 0.950 bits per heavy atom. The van der Waals surface area contributed by atoms with Crippen molar-refractivity contribution in [1.82, 2.24) is 0 Å². The molecule has 0 N–H and O–H groups in total. The Balaban J connectivity index is 2.43. The van der Waals surface area contributed by atoms with Gasteiger partial charge in [0.1, 0.15) is 11.5 Å². The van der Waals surface area contributed by atoms with Gasteiger partial charge in [-0.2, -0.15) is 0 Å². The lowest BCUT2D eigenvalue weighted by atomic mass is 10.2. The summed E-state index contributed by atoms with van der Waals surface area (Å²) in [5.41, 5.74) is -0.226. The zero-order chi connectivity index (χ0) is 14.5. The molecule has 6 heteroatoms. The van der Waals surface area contributed by atoms with Gasteiger partial charge in [-0.3, -0.25) is 10.1 Å². The van der Waals surface area contributed by atoms with Crippen molar-refractivity contribution in [2.45, 2.75) is 0 Å². The highest BCUT2D eigenvalue weighted by Crippen LogP contribution is 2.41. The highest BCUT2D eigenvalue weighted by molar-refractivity contribution is 5.61. The van der Waals surface area contributed by atoms with Crippen LogP contribution in [0, 0.1) is 10.1 Å². The Kier molecular flexibility index (Phi) is 4.05. The predicted molar refractivity (Wildman–Crippen MR) is 72.7 cm³/mol. The summed E-state index contributed by atoms with van der Waals surface area (Å²) in [4.78, 5) is 10.5. The van der Waals surface area contributed by atoms with Crippen LogP contribution in [0.3, 0.4) is 0 Å². The third-order valence-corrected chi connectivity index (χ3v) is 2.61. The molecule has 2 aromatic carbocycles. The van der Waals surface area contributed by atoms with Crippen molar-refractivity contribution in [3.63, 3.8) is 0 Å². The molecule has 2 aromatic rings. The first-order valence-electron chi connectivity index (χ1n) is 5.79. The van der Waals surface area contributed by atoms with Gasteiger partial charge in [-0.1, -0.05) is 18.2 Å². The van der Waals surface area contributed by atoms with Gasteiger partial charge in [-0.05, 0) is 12.1 Å². The van der Waals surface area contributed by atoms with Crippen LogP contribution in [-0.2, 0) is 0 Å². The van der Waals surface area contributed by atoms with Crippen LogP contribution in [-0.4, -0.2) is 19.1 Å². The predicted octanol–water partition coefficient (Wildman–Crippen LogP) is 3.40. The molecule has 0 spiro atoms. The Morgan fingerprint density at radius 2 is 1.50 bits per heavy atom. The number of para-hydroxylation sites is 1. The molecule has 104 valence electrons. The molecular weight excluding hydrogens is 262 g/mol. The molecule has 0 aliphatic carbocycles. The first-order chi connectivity index (χ1) is 9.65. The largest absolute Gasteiger partial charge is 0.490 e. The van der Waals surface area contributed by atoms with Gasteiger partial charge in [0.05, 0.1) is 19.1 Å². The average Bonchev–Trinajstić information content (AvgIpc) is 2.46. The minimum Gasteiger partial charge on any atom is -0.490 e. The Bertz CT molecular complexity index is 587. The SMILES string of the molecule is COc1cc(Oc2ccccc2)cc(OC)c1[N+](=O)[O-]. The summed E-state index contributed by atoms with van der Waals surface area (Å²) >= 11 is 0. The summed E-state index contributed by atoms with van der Waals surface area (Å²) in [5.74, 6) is 1.18. The van der Waals surface area contributed by atoms with Gasteiger partial charge in [0.15, 0.2) is 0 Å². The van der Waals surface area contributed by atoms with E-state index in [9.17, 15) is 10.1 Å². The van der Waals surface area contributed by atoms with Crippen LogP contribution in [0.25, 0.3) is 0 Å².